The summed E-state index contributed by atoms with van der Waals surface area (Å²) >= 11 is 5.98. The molecule has 1 unspecified atom stereocenters. The molecular weight excluding hydrogens is 354 g/mol. The van der Waals surface area contributed by atoms with Crippen molar-refractivity contribution in [1.29, 1.82) is 0 Å². The molecule has 4 rings (SSSR count). The molecule has 1 saturated heterocycles. The Kier molecular flexibility index (Phi) is 4.61. The average Bonchev–Trinajstić information content (AvgIpc) is 3.12. The zero-order valence-corrected chi connectivity index (χ0v) is 15.7. The van der Waals surface area contributed by atoms with Crippen LogP contribution in [0.1, 0.15) is 48.4 Å². The predicted molar refractivity (Wildman–Crippen MR) is 100 cm³/mol. The van der Waals surface area contributed by atoms with Crippen LogP contribution in [0.3, 0.4) is 0 Å². The van der Waals surface area contributed by atoms with Gasteiger partial charge in [-0.2, -0.15) is 4.31 Å². The van der Waals surface area contributed by atoms with Gasteiger partial charge in [-0.3, -0.25) is 0 Å². The molecule has 0 radical (unpaired) electrons. The topological polar surface area (TPSA) is 37.4 Å². The molecule has 1 atom stereocenters. The van der Waals surface area contributed by atoms with Gasteiger partial charge in [0.2, 0.25) is 10.0 Å². The first-order chi connectivity index (χ1) is 12.1. The monoisotopic (exact) mass is 375 g/mol. The van der Waals surface area contributed by atoms with Crippen molar-refractivity contribution in [3.63, 3.8) is 0 Å². The third kappa shape index (κ3) is 3.23. The van der Waals surface area contributed by atoms with Gasteiger partial charge in [0.25, 0.3) is 0 Å². The van der Waals surface area contributed by atoms with E-state index in [-0.39, 0.29) is 6.04 Å². The highest BCUT2D eigenvalue weighted by Gasteiger charge is 2.36. The van der Waals surface area contributed by atoms with Crippen LogP contribution >= 0.6 is 11.6 Å². The third-order valence-corrected chi connectivity index (χ3v) is 7.54. The molecule has 3 nitrogen and oxygen atoms in total. The second-order valence-corrected chi connectivity index (χ2v) is 9.29. The Hall–Kier alpha value is -1.36. The van der Waals surface area contributed by atoms with Gasteiger partial charge >= 0.3 is 0 Å². The number of hydrogen-bond donors (Lipinski definition) is 0. The maximum Gasteiger partial charge on any atom is 0.243 e. The lowest BCUT2D eigenvalue weighted by Gasteiger charge is -2.25. The predicted octanol–water partition coefficient (Wildman–Crippen LogP) is 4.74. The van der Waals surface area contributed by atoms with Crippen LogP contribution in [0.15, 0.2) is 47.4 Å². The van der Waals surface area contributed by atoms with Gasteiger partial charge in [0.1, 0.15) is 0 Å². The molecule has 1 aliphatic heterocycles. The summed E-state index contributed by atoms with van der Waals surface area (Å²) in [6.45, 7) is 0.576. The molecular formula is C20H22ClNO2S. The van der Waals surface area contributed by atoms with Crippen LogP contribution in [-0.2, 0) is 22.9 Å². The molecule has 1 fully saturated rings. The zero-order chi connectivity index (χ0) is 17.4. The minimum atomic E-state index is -3.48. The number of sulfonamides is 1. The van der Waals surface area contributed by atoms with E-state index in [1.807, 2.05) is 36.4 Å². The van der Waals surface area contributed by atoms with Gasteiger partial charge in [-0.05, 0) is 79.5 Å². The summed E-state index contributed by atoms with van der Waals surface area (Å²) in [5.41, 5.74) is 3.53. The molecule has 0 spiro atoms. The fourth-order valence-corrected chi connectivity index (χ4v) is 5.91. The van der Waals surface area contributed by atoms with Crippen molar-refractivity contribution in [2.24, 2.45) is 0 Å². The third-order valence-electron chi connectivity index (χ3n) is 5.39. The maximum absolute atomic E-state index is 13.3. The van der Waals surface area contributed by atoms with Gasteiger partial charge < -0.3 is 0 Å². The molecule has 0 saturated carbocycles. The summed E-state index contributed by atoms with van der Waals surface area (Å²) in [7, 11) is -3.48. The van der Waals surface area contributed by atoms with Gasteiger partial charge in [-0.1, -0.05) is 29.8 Å². The Morgan fingerprint density at radius 1 is 0.920 bits per heavy atom. The lowest BCUT2D eigenvalue weighted by molar-refractivity contribution is 0.396. The Labute approximate surface area is 154 Å². The molecule has 0 aromatic heterocycles. The van der Waals surface area contributed by atoms with Crippen molar-refractivity contribution in [2.75, 3.05) is 6.54 Å². The standard InChI is InChI=1S/C20H22ClNO2S/c21-18-10-7-16(8-11-18)20-6-3-13-22(20)25(23,24)19-12-9-15-4-1-2-5-17(15)14-19/h7-12,14,20H,1-6,13H2. The molecule has 132 valence electrons. The summed E-state index contributed by atoms with van der Waals surface area (Å²) in [6.07, 6.45) is 6.13. The molecule has 2 aliphatic rings. The van der Waals surface area contributed by atoms with E-state index in [1.54, 1.807) is 10.4 Å². The molecule has 1 aliphatic carbocycles. The Bertz CT molecular complexity index is 877. The van der Waals surface area contributed by atoms with Crippen molar-refractivity contribution in [3.8, 4) is 0 Å². The van der Waals surface area contributed by atoms with Crippen molar-refractivity contribution >= 4 is 21.6 Å². The highest BCUT2D eigenvalue weighted by molar-refractivity contribution is 7.89. The first-order valence-corrected chi connectivity index (χ1v) is 10.8. The summed E-state index contributed by atoms with van der Waals surface area (Å²) < 4.78 is 28.2. The average molecular weight is 376 g/mol. The van der Waals surface area contributed by atoms with Gasteiger partial charge in [0.05, 0.1) is 10.9 Å². The van der Waals surface area contributed by atoms with E-state index >= 15 is 0 Å². The Morgan fingerprint density at radius 3 is 2.40 bits per heavy atom. The van der Waals surface area contributed by atoms with E-state index in [0.29, 0.717) is 16.5 Å². The zero-order valence-electron chi connectivity index (χ0n) is 14.1. The molecule has 0 N–H and O–H groups in total. The van der Waals surface area contributed by atoms with Crippen LogP contribution in [-0.4, -0.2) is 19.3 Å². The van der Waals surface area contributed by atoms with E-state index in [1.165, 1.54) is 17.5 Å². The molecule has 5 heteroatoms. The van der Waals surface area contributed by atoms with Gasteiger partial charge in [0, 0.05) is 11.6 Å². The number of hydrogen-bond acceptors (Lipinski definition) is 2. The second kappa shape index (κ2) is 6.75. The number of nitrogens with zero attached hydrogens (tertiary/aromatic N) is 1. The molecule has 0 amide bonds. The number of aryl methyl sites for hydroxylation is 2. The fourth-order valence-electron chi connectivity index (χ4n) is 4.05. The van der Waals surface area contributed by atoms with Crippen LogP contribution in [0, 0.1) is 0 Å². The second-order valence-electron chi connectivity index (χ2n) is 6.96. The van der Waals surface area contributed by atoms with Crippen molar-refractivity contribution in [2.45, 2.75) is 49.5 Å². The first kappa shape index (κ1) is 17.1. The quantitative estimate of drug-likeness (QED) is 0.776. The van der Waals surface area contributed by atoms with Gasteiger partial charge in [0.15, 0.2) is 0 Å². The molecule has 2 aromatic carbocycles. The first-order valence-electron chi connectivity index (χ1n) is 8.95. The largest absolute Gasteiger partial charge is 0.243 e. The normalized spacial score (nSPS) is 21.2. The van der Waals surface area contributed by atoms with E-state index in [0.717, 1.165) is 37.7 Å². The lowest BCUT2D eigenvalue weighted by Crippen LogP contribution is -2.30. The SMILES string of the molecule is O=S(=O)(c1ccc2c(c1)CCCC2)N1CCCC1c1ccc(Cl)cc1. The number of rotatable bonds is 3. The molecule has 1 heterocycles. The maximum atomic E-state index is 13.3. The van der Waals surface area contributed by atoms with Crippen LogP contribution in [0.25, 0.3) is 0 Å². The summed E-state index contributed by atoms with van der Waals surface area (Å²) in [5, 5.41) is 0.672. The number of halogens is 1. The van der Waals surface area contributed by atoms with Crippen LogP contribution in [0.5, 0.6) is 0 Å². The van der Waals surface area contributed by atoms with Crippen LogP contribution < -0.4 is 0 Å². The highest BCUT2D eigenvalue weighted by Crippen LogP contribution is 2.37. The highest BCUT2D eigenvalue weighted by atomic mass is 35.5. The van der Waals surface area contributed by atoms with Crippen LogP contribution in [0.4, 0.5) is 0 Å². The number of benzene rings is 2. The Morgan fingerprint density at radius 2 is 1.64 bits per heavy atom. The fraction of sp³-hybridized carbons (Fsp3) is 0.400. The van der Waals surface area contributed by atoms with E-state index in [4.69, 9.17) is 11.6 Å². The van der Waals surface area contributed by atoms with Crippen LogP contribution in [0.2, 0.25) is 5.02 Å². The summed E-state index contributed by atoms with van der Waals surface area (Å²) in [6, 6.07) is 13.1. The molecule has 25 heavy (non-hydrogen) atoms. The van der Waals surface area contributed by atoms with Gasteiger partial charge in [-0.25, -0.2) is 8.42 Å². The van der Waals surface area contributed by atoms with Crippen molar-refractivity contribution < 1.29 is 8.42 Å². The summed E-state index contributed by atoms with van der Waals surface area (Å²) in [4.78, 5) is 0.439. The molecule has 0 bridgehead atoms. The van der Waals surface area contributed by atoms with E-state index in [2.05, 4.69) is 0 Å². The Balaban J connectivity index is 1.68. The van der Waals surface area contributed by atoms with E-state index in [9.17, 15) is 8.42 Å². The van der Waals surface area contributed by atoms with E-state index < -0.39 is 10.0 Å². The van der Waals surface area contributed by atoms with Crippen molar-refractivity contribution in [1.82, 2.24) is 4.31 Å². The number of fused-ring (bicyclic) bond motifs is 1. The molecule has 2 aromatic rings. The smallest absolute Gasteiger partial charge is 0.207 e. The summed E-state index contributed by atoms with van der Waals surface area (Å²) in [5.74, 6) is 0. The lowest BCUT2D eigenvalue weighted by atomic mass is 9.92. The van der Waals surface area contributed by atoms with Gasteiger partial charge in [-0.15, -0.1) is 0 Å². The minimum absolute atomic E-state index is 0.0988. The minimum Gasteiger partial charge on any atom is -0.207 e. The van der Waals surface area contributed by atoms with Crippen molar-refractivity contribution in [3.05, 3.63) is 64.2 Å².